The van der Waals surface area contributed by atoms with E-state index in [0.717, 1.165) is 12.3 Å². The van der Waals surface area contributed by atoms with Gasteiger partial charge in [-0.3, -0.25) is 0 Å². The maximum Gasteiger partial charge on any atom is 0.329 e. The lowest BCUT2D eigenvalue weighted by atomic mass is 10.3. The van der Waals surface area contributed by atoms with Gasteiger partial charge in [0.25, 0.3) is 0 Å². The van der Waals surface area contributed by atoms with Gasteiger partial charge in [0, 0.05) is 30.1 Å². The molecule has 2 N–H and O–H groups in total. The molecule has 0 bridgehead atoms. The SMILES string of the molecule is O=C(O)/C=C/Nc1cc(F)c(F)c(F)c1. The van der Waals surface area contributed by atoms with Crippen LogP contribution in [0.5, 0.6) is 0 Å². The minimum absolute atomic E-state index is 0.0797. The molecule has 0 aliphatic rings. The molecule has 0 amide bonds. The van der Waals surface area contributed by atoms with Crippen molar-refractivity contribution in [3.05, 3.63) is 41.9 Å². The van der Waals surface area contributed by atoms with E-state index in [1.54, 1.807) is 0 Å². The van der Waals surface area contributed by atoms with Gasteiger partial charge in [-0.2, -0.15) is 0 Å². The van der Waals surface area contributed by atoms with Gasteiger partial charge in [-0.05, 0) is 0 Å². The van der Waals surface area contributed by atoms with E-state index in [2.05, 4.69) is 5.32 Å². The van der Waals surface area contributed by atoms with Gasteiger partial charge in [0.15, 0.2) is 17.5 Å². The van der Waals surface area contributed by atoms with Crippen LogP contribution in [0.3, 0.4) is 0 Å². The zero-order valence-corrected chi connectivity index (χ0v) is 7.30. The number of nitrogens with one attached hydrogen (secondary N) is 1. The van der Waals surface area contributed by atoms with Crippen molar-refractivity contribution in [3.8, 4) is 0 Å². The van der Waals surface area contributed by atoms with Gasteiger partial charge in [-0.15, -0.1) is 0 Å². The second-order valence-electron chi connectivity index (χ2n) is 2.57. The number of benzene rings is 1. The molecule has 0 heterocycles. The Morgan fingerprint density at radius 2 is 1.80 bits per heavy atom. The van der Waals surface area contributed by atoms with Crippen molar-refractivity contribution >= 4 is 11.7 Å². The smallest absolute Gasteiger partial charge is 0.329 e. The van der Waals surface area contributed by atoms with Crippen LogP contribution in [0.2, 0.25) is 0 Å². The fraction of sp³-hybridized carbons (Fsp3) is 0. The fourth-order valence-electron chi connectivity index (χ4n) is 0.848. The highest BCUT2D eigenvalue weighted by Gasteiger charge is 2.09. The molecule has 0 saturated carbocycles. The molecule has 0 saturated heterocycles. The largest absolute Gasteiger partial charge is 0.478 e. The summed E-state index contributed by atoms with van der Waals surface area (Å²) in [5.74, 6) is -5.48. The first-order valence-electron chi connectivity index (χ1n) is 3.81. The first-order chi connectivity index (χ1) is 7.00. The molecule has 3 nitrogen and oxygen atoms in total. The van der Waals surface area contributed by atoms with E-state index >= 15 is 0 Å². The lowest BCUT2D eigenvalue weighted by molar-refractivity contribution is -0.131. The number of carboxylic acid groups (broad SMARTS) is 1. The zero-order chi connectivity index (χ0) is 11.4. The first kappa shape index (κ1) is 11.1. The number of hydrogen-bond donors (Lipinski definition) is 2. The van der Waals surface area contributed by atoms with Crippen molar-refractivity contribution in [1.29, 1.82) is 0 Å². The highest BCUT2D eigenvalue weighted by Crippen LogP contribution is 2.17. The number of anilines is 1. The van der Waals surface area contributed by atoms with Crippen LogP contribution in [-0.4, -0.2) is 11.1 Å². The Hall–Kier alpha value is -1.98. The van der Waals surface area contributed by atoms with E-state index in [4.69, 9.17) is 5.11 Å². The Bertz CT molecular complexity index is 395. The lowest BCUT2D eigenvalue weighted by Gasteiger charge is -2.01. The van der Waals surface area contributed by atoms with E-state index in [-0.39, 0.29) is 5.69 Å². The highest BCUT2D eigenvalue weighted by molar-refractivity contribution is 5.80. The Kier molecular flexibility index (Phi) is 3.33. The van der Waals surface area contributed by atoms with Gasteiger partial charge in [0.1, 0.15) is 0 Å². The Morgan fingerprint density at radius 1 is 1.27 bits per heavy atom. The summed E-state index contributed by atoms with van der Waals surface area (Å²) in [6.45, 7) is 0. The van der Waals surface area contributed by atoms with Crippen LogP contribution >= 0.6 is 0 Å². The predicted octanol–water partition coefficient (Wildman–Crippen LogP) is 2.11. The number of carboxylic acids is 1. The second kappa shape index (κ2) is 4.50. The van der Waals surface area contributed by atoms with Gasteiger partial charge in [-0.1, -0.05) is 0 Å². The average molecular weight is 217 g/mol. The standard InChI is InChI=1S/C9H6F3NO2/c10-6-3-5(4-7(11)9(6)12)13-2-1-8(14)15/h1-4,13H,(H,14,15)/b2-1+. The normalized spacial score (nSPS) is 10.6. The van der Waals surface area contributed by atoms with E-state index in [9.17, 15) is 18.0 Å². The Morgan fingerprint density at radius 3 is 2.27 bits per heavy atom. The minimum atomic E-state index is -1.57. The van der Waals surface area contributed by atoms with Crippen molar-refractivity contribution < 1.29 is 23.1 Å². The molecule has 0 fully saturated rings. The quantitative estimate of drug-likeness (QED) is 0.602. The van der Waals surface area contributed by atoms with Gasteiger partial charge in [0.05, 0.1) is 0 Å². The van der Waals surface area contributed by atoms with Crippen molar-refractivity contribution in [2.45, 2.75) is 0 Å². The molecule has 1 aromatic rings. The topological polar surface area (TPSA) is 49.3 Å². The summed E-state index contributed by atoms with van der Waals surface area (Å²) >= 11 is 0. The molecular formula is C9H6F3NO2. The fourth-order valence-corrected chi connectivity index (χ4v) is 0.848. The van der Waals surface area contributed by atoms with Gasteiger partial charge in [0.2, 0.25) is 0 Å². The van der Waals surface area contributed by atoms with Gasteiger partial charge < -0.3 is 10.4 Å². The van der Waals surface area contributed by atoms with Crippen LogP contribution in [0.1, 0.15) is 0 Å². The average Bonchev–Trinajstić information content (AvgIpc) is 2.13. The third-order valence-corrected chi connectivity index (χ3v) is 1.46. The highest BCUT2D eigenvalue weighted by atomic mass is 19.2. The number of hydrogen-bond acceptors (Lipinski definition) is 2. The van der Waals surface area contributed by atoms with Crippen LogP contribution in [0.25, 0.3) is 0 Å². The predicted molar refractivity (Wildman–Crippen MR) is 46.7 cm³/mol. The maximum atomic E-state index is 12.6. The molecule has 80 valence electrons. The molecule has 0 unspecified atom stereocenters. The second-order valence-corrected chi connectivity index (χ2v) is 2.57. The molecular weight excluding hydrogens is 211 g/mol. The third-order valence-electron chi connectivity index (χ3n) is 1.46. The minimum Gasteiger partial charge on any atom is -0.478 e. The molecule has 0 radical (unpaired) electrons. The van der Waals surface area contributed by atoms with E-state index in [1.165, 1.54) is 0 Å². The van der Waals surface area contributed by atoms with E-state index in [0.29, 0.717) is 12.1 Å². The molecule has 1 rings (SSSR count). The maximum absolute atomic E-state index is 12.6. The van der Waals surface area contributed by atoms with Crippen LogP contribution < -0.4 is 5.32 Å². The van der Waals surface area contributed by atoms with Crippen LogP contribution in [0.4, 0.5) is 18.9 Å². The number of halogens is 3. The van der Waals surface area contributed by atoms with Crippen molar-refractivity contribution in [1.82, 2.24) is 0 Å². The molecule has 0 aromatic heterocycles. The molecule has 1 aromatic carbocycles. The molecule has 0 atom stereocenters. The third kappa shape index (κ3) is 3.01. The Balaban J connectivity index is 2.83. The molecule has 15 heavy (non-hydrogen) atoms. The van der Waals surface area contributed by atoms with Crippen molar-refractivity contribution in [3.63, 3.8) is 0 Å². The summed E-state index contributed by atoms with van der Waals surface area (Å²) in [5.41, 5.74) is -0.0797. The van der Waals surface area contributed by atoms with Crippen molar-refractivity contribution in [2.75, 3.05) is 5.32 Å². The first-order valence-corrected chi connectivity index (χ1v) is 3.81. The Labute approximate surface area is 82.8 Å². The summed E-state index contributed by atoms with van der Waals surface area (Å²) in [6, 6.07) is 1.43. The molecule has 0 aliphatic heterocycles. The lowest BCUT2D eigenvalue weighted by Crippen LogP contribution is -1.96. The van der Waals surface area contributed by atoms with Crippen molar-refractivity contribution in [2.24, 2.45) is 0 Å². The van der Waals surface area contributed by atoms with Gasteiger partial charge >= 0.3 is 5.97 Å². The summed E-state index contributed by atoms with van der Waals surface area (Å²) in [5, 5.41) is 10.5. The summed E-state index contributed by atoms with van der Waals surface area (Å²) in [6.07, 6.45) is 1.70. The van der Waals surface area contributed by atoms with Crippen LogP contribution in [0, 0.1) is 17.5 Å². The summed E-state index contributed by atoms with van der Waals surface area (Å²) < 4.78 is 37.7. The zero-order valence-electron chi connectivity index (χ0n) is 7.30. The number of carbonyl (C=O) groups is 1. The van der Waals surface area contributed by atoms with Crippen LogP contribution in [0.15, 0.2) is 24.4 Å². The van der Waals surface area contributed by atoms with E-state index < -0.39 is 23.4 Å². The summed E-state index contributed by atoms with van der Waals surface area (Å²) in [7, 11) is 0. The molecule has 0 spiro atoms. The van der Waals surface area contributed by atoms with E-state index in [1.807, 2.05) is 0 Å². The molecule has 0 aliphatic carbocycles. The van der Waals surface area contributed by atoms with Crippen LogP contribution in [-0.2, 0) is 4.79 Å². The number of rotatable bonds is 3. The summed E-state index contributed by atoms with van der Waals surface area (Å²) in [4.78, 5) is 10.0. The number of aliphatic carboxylic acids is 1. The van der Waals surface area contributed by atoms with Gasteiger partial charge in [-0.25, -0.2) is 18.0 Å². The molecule has 6 heteroatoms. The monoisotopic (exact) mass is 217 g/mol.